The molecule has 0 aromatic heterocycles. The molecule has 0 atom stereocenters. The molecule has 0 amide bonds. The average Bonchev–Trinajstić information content (AvgIpc) is 2.35. The van der Waals surface area contributed by atoms with Crippen LogP contribution in [0.2, 0.25) is 5.02 Å². The van der Waals surface area contributed by atoms with Crippen molar-refractivity contribution in [3.05, 3.63) is 28.8 Å². The topological polar surface area (TPSA) is 47.3 Å². The molecule has 0 spiro atoms. The van der Waals surface area contributed by atoms with Crippen molar-refractivity contribution in [2.75, 3.05) is 25.1 Å². The number of ether oxygens (including phenoxy) is 1. The van der Waals surface area contributed by atoms with Crippen LogP contribution in [0.4, 0.5) is 5.69 Å². The number of anilines is 1. The van der Waals surface area contributed by atoms with E-state index in [4.69, 9.17) is 34.3 Å². The minimum absolute atomic E-state index is 0.349. The van der Waals surface area contributed by atoms with Gasteiger partial charge < -0.3 is 15.8 Å². The number of benzene rings is 1. The van der Waals surface area contributed by atoms with Gasteiger partial charge in [0.05, 0.1) is 0 Å². The Morgan fingerprint density at radius 3 is 2.89 bits per heavy atom. The maximum atomic E-state index is 5.92. The maximum Gasteiger partial charge on any atom is 0.106 e. The lowest BCUT2D eigenvalue weighted by Crippen LogP contribution is -2.14. The Bertz CT molecular complexity index is 399. The van der Waals surface area contributed by atoms with Crippen molar-refractivity contribution in [2.24, 2.45) is 5.73 Å². The van der Waals surface area contributed by atoms with Crippen LogP contribution in [0.3, 0.4) is 0 Å². The lowest BCUT2D eigenvalue weighted by atomic mass is 10.1. The van der Waals surface area contributed by atoms with Gasteiger partial charge in [-0.05, 0) is 31.0 Å². The summed E-state index contributed by atoms with van der Waals surface area (Å²) in [5, 5.41) is 3.93. The molecule has 3 nitrogen and oxygen atoms in total. The lowest BCUT2D eigenvalue weighted by molar-refractivity contribution is 0.134. The monoisotopic (exact) mass is 286 g/mol. The van der Waals surface area contributed by atoms with Crippen molar-refractivity contribution in [3.63, 3.8) is 0 Å². The SMILES string of the molecule is CCCOCCCNc1ccc(Cl)cc1C(N)=S. The molecule has 18 heavy (non-hydrogen) atoms. The molecule has 0 heterocycles. The van der Waals surface area contributed by atoms with Crippen molar-refractivity contribution in [1.29, 1.82) is 0 Å². The lowest BCUT2D eigenvalue weighted by Gasteiger charge is -2.11. The number of nitrogens with two attached hydrogens (primary N) is 1. The molecule has 0 saturated heterocycles. The summed E-state index contributed by atoms with van der Waals surface area (Å²) in [6, 6.07) is 5.49. The van der Waals surface area contributed by atoms with Crippen LogP contribution in [-0.2, 0) is 4.74 Å². The van der Waals surface area contributed by atoms with E-state index >= 15 is 0 Å². The number of hydrogen-bond donors (Lipinski definition) is 2. The summed E-state index contributed by atoms with van der Waals surface area (Å²) in [5.41, 5.74) is 7.36. The first-order chi connectivity index (χ1) is 8.65. The van der Waals surface area contributed by atoms with E-state index in [0.29, 0.717) is 10.0 Å². The molecule has 1 aromatic carbocycles. The molecule has 0 unspecified atom stereocenters. The van der Waals surface area contributed by atoms with Crippen LogP contribution in [0, 0.1) is 0 Å². The van der Waals surface area contributed by atoms with E-state index in [0.717, 1.165) is 43.9 Å². The quantitative estimate of drug-likeness (QED) is 0.569. The van der Waals surface area contributed by atoms with E-state index in [-0.39, 0.29) is 0 Å². The number of halogens is 1. The summed E-state index contributed by atoms with van der Waals surface area (Å²) >= 11 is 10.9. The largest absolute Gasteiger partial charge is 0.389 e. The van der Waals surface area contributed by atoms with E-state index in [9.17, 15) is 0 Å². The zero-order chi connectivity index (χ0) is 13.4. The van der Waals surface area contributed by atoms with Crippen LogP contribution < -0.4 is 11.1 Å². The second kappa shape index (κ2) is 8.29. The first-order valence-corrected chi connectivity index (χ1v) is 6.84. The van der Waals surface area contributed by atoms with Gasteiger partial charge in [-0.1, -0.05) is 30.7 Å². The fraction of sp³-hybridized carbons (Fsp3) is 0.462. The van der Waals surface area contributed by atoms with Gasteiger partial charge in [0.1, 0.15) is 4.99 Å². The molecule has 100 valence electrons. The van der Waals surface area contributed by atoms with E-state index < -0.39 is 0 Å². The maximum absolute atomic E-state index is 5.92. The highest BCUT2D eigenvalue weighted by atomic mass is 35.5. The molecule has 1 rings (SSSR count). The molecule has 0 aliphatic rings. The number of hydrogen-bond acceptors (Lipinski definition) is 3. The number of nitrogens with one attached hydrogen (secondary N) is 1. The van der Waals surface area contributed by atoms with Crippen LogP contribution in [0.15, 0.2) is 18.2 Å². The van der Waals surface area contributed by atoms with Crippen LogP contribution >= 0.6 is 23.8 Å². The van der Waals surface area contributed by atoms with Crippen molar-refractivity contribution < 1.29 is 4.74 Å². The van der Waals surface area contributed by atoms with E-state index in [1.807, 2.05) is 12.1 Å². The Morgan fingerprint density at radius 1 is 1.44 bits per heavy atom. The normalized spacial score (nSPS) is 10.3. The van der Waals surface area contributed by atoms with Gasteiger partial charge in [0, 0.05) is 36.0 Å². The Labute approximate surface area is 119 Å². The summed E-state index contributed by atoms with van der Waals surface area (Å²) in [4.78, 5) is 0.349. The number of thiocarbonyl (C=S) groups is 1. The van der Waals surface area contributed by atoms with Gasteiger partial charge in [-0.3, -0.25) is 0 Å². The predicted molar refractivity (Wildman–Crippen MR) is 81.6 cm³/mol. The van der Waals surface area contributed by atoms with Crippen LogP contribution in [-0.4, -0.2) is 24.7 Å². The molecule has 0 fully saturated rings. The molecule has 0 radical (unpaired) electrons. The summed E-state index contributed by atoms with van der Waals surface area (Å²) in [7, 11) is 0. The molecule has 5 heteroatoms. The van der Waals surface area contributed by atoms with E-state index in [1.165, 1.54) is 0 Å². The van der Waals surface area contributed by atoms with Gasteiger partial charge in [0.15, 0.2) is 0 Å². The minimum Gasteiger partial charge on any atom is -0.389 e. The van der Waals surface area contributed by atoms with Crippen molar-refractivity contribution in [3.8, 4) is 0 Å². The van der Waals surface area contributed by atoms with Crippen molar-refractivity contribution >= 4 is 34.5 Å². The summed E-state index contributed by atoms with van der Waals surface area (Å²) < 4.78 is 5.41. The van der Waals surface area contributed by atoms with Crippen molar-refractivity contribution in [2.45, 2.75) is 19.8 Å². The fourth-order valence-corrected chi connectivity index (χ4v) is 1.86. The molecule has 0 saturated carbocycles. The third-order valence-electron chi connectivity index (χ3n) is 2.38. The van der Waals surface area contributed by atoms with Gasteiger partial charge >= 0.3 is 0 Å². The fourth-order valence-electron chi connectivity index (χ4n) is 1.52. The Balaban J connectivity index is 2.44. The van der Waals surface area contributed by atoms with Crippen LogP contribution in [0.25, 0.3) is 0 Å². The van der Waals surface area contributed by atoms with Gasteiger partial charge in [-0.25, -0.2) is 0 Å². The van der Waals surface area contributed by atoms with Crippen LogP contribution in [0.1, 0.15) is 25.3 Å². The number of rotatable bonds is 8. The first kappa shape index (κ1) is 15.2. The summed E-state index contributed by atoms with van der Waals surface area (Å²) in [5.74, 6) is 0. The molecule has 0 aliphatic heterocycles. The predicted octanol–water partition coefficient (Wildman–Crippen LogP) is 3.20. The second-order valence-corrected chi connectivity index (χ2v) is 4.82. The van der Waals surface area contributed by atoms with Crippen LogP contribution in [0.5, 0.6) is 0 Å². The minimum atomic E-state index is 0.349. The Morgan fingerprint density at radius 2 is 2.22 bits per heavy atom. The smallest absolute Gasteiger partial charge is 0.106 e. The second-order valence-electron chi connectivity index (χ2n) is 3.95. The van der Waals surface area contributed by atoms with Gasteiger partial charge in [-0.15, -0.1) is 0 Å². The molecular weight excluding hydrogens is 268 g/mol. The van der Waals surface area contributed by atoms with E-state index in [1.54, 1.807) is 6.07 Å². The third-order valence-corrected chi connectivity index (χ3v) is 2.83. The molecule has 0 bridgehead atoms. The first-order valence-electron chi connectivity index (χ1n) is 6.06. The molecule has 1 aromatic rings. The molecule has 0 aliphatic carbocycles. The average molecular weight is 287 g/mol. The van der Waals surface area contributed by atoms with Crippen molar-refractivity contribution in [1.82, 2.24) is 0 Å². The van der Waals surface area contributed by atoms with Gasteiger partial charge in [0.2, 0.25) is 0 Å². The standard InChI is InChI=1S/C13H19ClN2OS/c1-2-7-17-8-3-6-16-12-5-4-10(14)9-11(12)13(15)18/h4-5,9,16H,2-3,6-8H2,1H3,(H2,15,18). The molecule has 3 N–H and O–H groups in total. The van der Waals surface area contributed by atoms with Gasteiger partial charge in [-0.2, -0.15) is 0 Å². The third kappa shape index (κ3) is 5.21. The Kier molecular flexibility index (Phi) is 7.01. The van der Waals surface area contributed by atoms with Gasteiger partial charge in [0.25, 0.3) is 0 Å². The molecular formula is C13H19ClN2OS. The zero-order valence-corrected chi connectivity index (χ0v) is 12.1. The Hall–Kier alpha value is -0.840. The highest BCUT2D eigenvalue weighted by molar-refractivity contribution is 7.80. The highest BCUT2D eigenvalue weighted by Gasteiger charge is 2.05. The summed E-state index contributed by atoms with van der Waals surface area (Å²) in [6.07, 6.45) is 2.00. The summed E-state index contributed by atoms with van der Waals surface area (Å²) in [6.45, 7) is 4.50. The van der Waals surface area contributed by atoms with E-state index in [2.05, 4.69) is 12.2 Å². The zero-order valence-electron chi connectivity index (χ0n) is 10.5. The highest BCUT2D eigenvalue weighted by Crippen LogP contribution is 2.20.